The molecule has 0 aliphatic carbocycles. The first-order valence-corrected chi connectivity index (χ1v) is 4.06. The number of aromatic nitrogens is 2. The van der Waals surface area contributed by atoms with Gasteiger partial charge in [0.1, 0.15) is 0 Å². The number of hydrogen-bond donors (Lipinski definition) is 2. The fourth-order valence-corrected chi connectivity index (χ4v) is 1.10. The summed E-state index contributed by atoms with van der Waals surface area (Å²) in [5.41, 5.74) is 0.734. The highest BCUT2D eigenvalue weighted by molar-refractivity contribution is 5.72. The van der Waals surface area contributed by atoms with E-state index in [1.165, 1.54) is 0 Å². The van der Waals surface area contributed by atoms with Crippen molar-refractivity contribution < 1.29 is 15.0 Å². The number of aliphatic hydroxyl groups excluding tert-OH is 1. The van der Waals surface area contributed by atoms with Gasteiger partial charge in [0.15, 0.2) is 6.10 Å². The maximum atomic E-state index is 10.3. The molecule has 0 fully saturated rings. The van der Waals surface area contributed by atoms with Crippen LogP contribution in [-0.4, -0.2) is 32.1 Å². The molecule has 0 aliphatic heterocycles. The van der Waals surface area contributed by atoms with Crippen LogP contribution in [0.5, 0.6) is 0 Å². The van der Waals surface area contributed by atoms with E-state index in [0.29, 0.717) is 6.54 Å². The van der Waals surface area contributed by atoms with E-state index in [1.54, 1.807) is 16.9 Å². The van der Waals surface area contributed by atoms with Crippen molar-refractivity contribution in [3.05, 3.63) is 18.0 Å². The molecule has 0 saturated carbocycles. The zero-order valence-corrected chi connectivity index (χ0v) is 7.34. The molecule has 0 aromatic carbocycles. The van der Waals surface area contributed by atoms with E-state index < -0.39 is 12.1 Å². The lowest BCUT2D eigenvalue weighted by Crippen LogP contribution is -2.23. The van der Waals surface area contributed by atoms with Crippen LogP contribution in [0.1, 0.15) is 12.6 Å². The number of hydrogen-bond acceptors (Lipinski definition) is 3. The summed E-state index contributed by atoms with van der Waals surface area (Å²) in [6.45, 7) is 2.58. The molecular formula is C8H12N2O3. The van der Waals surface area contributed by atoms with Crippen molar-refractivity contribution in [2.45, 2.75) is 26.0 Å². The third-order valence-corrected chi connectivity index (χ3v) is 1.79. The number of carboxylic acids is 1. The van der Waals surface area contributed by atoms with Gasteiger partial charge < -0.3 is 10.2 Å². The highest BCUT2D eigenvalue weighted by Crippen LogP contribution is 2.03. The molecule has 1 atom stereocenters. The average molecular weight is 184 g/mol. The SMILES string of the molecule is CCn1nccc1CC(O)C(=O)O. The average Bonchev–Trinajstić information content (AvgIpc) is 2.51. The Morgan fingerprint density at radius 1 is 1.77 bits per heavy atom. The number of nitrogens with zero attached hydrogens (tertiary/aromatic N) is 2. The second-order valence-corrected chi connectivity index (χ2v) is 2.70. The summed E-state index contributed by atoms with van der Waals surface area (Å²) in [5, 5.41) is 21.5. The molecule has 1 aromatic rings. The molecule has 1 heterocycles. The van der Waals surface area contributed by atoms with Crippen molar-refractivity contribution >= 4 is 5.97 Å². The Morgan fingerprint density at radius 3 is 3.00 bits per heavy atom. The van der Waals surface area contributed by atoms with Crippen LogP contribution >= 0.6 is 0 Å². The van der Waals surface area contributed by atoms with Gasteiger partial charge in [-0.2, -0.15) is 5.10 Å². The highest BCUT2D eigenvalue weighted by atomic mass is 16.4. The largest absolute Gasteiger partial charge is 0.479 e. The number of rotatable bonds is 4. The fraction of sp³-hybridized carbons (Fsp3) is 0.500. The predicted molar refractivity (Wildman–Crippen MR) is 45.2 cm³/mol. The molecule has 1 unspecified atom stereocenters. The summed E-state index contributed by atoms with van der Waals surface area (Å²) in [7, 11) is 0. The Morgan fingerprint density at radius 2 is 2.46 bits per heavy atom. The molecule has 5 nitrogen and oxygen atoms in total. The monoisotopic (exact) mass is 184 g/mol. The summed E-state index contributed by atoms with van der Waals surface area (Å²) in [4.78, 5) is 10.3. The normalized spacial score (nSPS) is 12.8. The maximum absolute atomic E-state index is 10.3. The Kier molecular flexibility index (Phi) is 3.02. The molecule has 0 aliphatic rings. The van der Waals surface area contributed by atoms with Crippen molar-refractivity contribution in [1.29, 1.82) is 0 Å². The first kappa shape index (κ1) is 9.73. The molecule has 2 N–H and O–H groups in total. The van der Waals surface area contributed by atoms with Crippen molar-refractivity contribution in [2.75, 3.05) is 0 Å². The first-order valence-electron chi connectivity index (χ1n) is 4.06. The van der Waals surface area contributed by atoms with Crippen LogP contribution in [0, 0.1) is 0 Å². The van der Waals surface area contributed by atoms with Gasteiger partial charge in [0.25, 0.3) is 0 Å². The number of aliphatic hydroxyl groups is 1. The predicted octanol–water partition coefficient (Wildman–Crippen LogP) is -0.109. The molecule has 0 radical (unpaired) electrons. The minimum atomic E-state index is -1.35. The standard InChI is InChI=1S/C8H12N2O3/c1-2-10-6(3-4-9-10)5-7(11)8(12)13/h3-4,7,11H,2,5H2,1H3,(H,12,13). The lowest BCUT2D eigenvalue weighted by molar-refractivity contribution is -0.146. The molecule has 5 heteroatoms. The quantitative estimate of drug-likeness (QED) is 0.684. The van der Waals surface area contributed by atoms with Crippen LogP contribution in [0.15, 0.2) is 12.3 Å². The van der Waals surface area contributed by atoms with Crippen molar-refractivity contribution in [3.8, 4) is 0 Å². The van der Waals surface area contributed by atoms with E-state index in [1.807, 2.05) is 6.92 Å². The molecule has 0 spiro atoms. The Balaban J connectivity index is 2.68. The second-order valence-electron chi connectivity index (χ2n) is 2.70. The Hall–Kier alpha value is -1.36. The first-order chi connectivity index (χ1) is 6.15. The van der Waals surface area contributed by atoms with E-state index in [2.05, 4.69) is 5.10 Å². The third-order valence-electron chi connectivity index (χ3n) is 1.79. The van der Waals surface area contributed by atoms with Gasteiger partial charge in [-0.15, -0.1) is 0 Å². The summed E-state index contributed by atoms with van der Waals surface area (Å²) < 4.78 is 1.66. The van der Waals surface area contributed by atoms with Crippen LogP contribution in [0.25, 0.3) is 0 Å². The fourth-order valence-electron chi connectivity index (χ4n) is 1.10. The summed E-state index contributed by atoms with van der Waals surface area (Å²) >= 11 is 0. The molecule has 1 aromatic heterocycles. The zero-order chi connectivity index (χ0) is 9.84. The van der Waals surface area contributed by atoms with Crippen molar-refractivity contribution in [1.82, 2.24) is 9.78 Å². The summed E-state index contributed by atoms with van der Waals surface area (Å²) in [6.07, 6.45) is 0.346. The van der Waals surface area contributed by atoms with Gasteiger partial charge in [-0.3, -0.25) is 4.68 Å². The van der Waals surface area contributed by atoms with E-state index in [-0.39, 0.29) is 6.42 Å². The number of aliphatic carboxylic acids is 1. The second kappa shape index (κ2) is 4.04. The van der Waals surface area contributed by atoms with Crippen molar-refractivity contribution in [2.24, 2.45) is 0 Å². The van der Waals surface area contributed by atoms with E-state index >= 15 is 0 Å². The molecule has 13 heavy (non-hydrogen) atoms. The summed E-state index contributed by atoms with van der Waals surface area (Å²) in [6, 6.07) is 1.70. The third kappa shape index (κ3) is 2.29. The van der Waals surface area contributed by atoms with Gasteiger partial charge in [0.05, 0.1) is 0 Å². The Labute approximate surface area is 75.6 Å². The van der Waals surface area contributed by atoms with Crippen LogP contribution in [0.2, 0.25) is 0 Å². The Bertz CT molecular complexity index is 295. The maximum Gasteiger partial charge on any atom is 0.332 e. The smallest absolute Gasteiger partial charge is 0.332 e. The molecular weight excluding hydrogens is 172 g/mol. The topological polar surface area (TPSA) is 75.3 Å². The minimum Gasteiger partial charge on any atom is -0.479 e. The zero-order valence-electron chi connectivity index (χ0n) is 7.34. The number of carbonyl (C=O) groups is 1. The molecule has 0 bridgehead atoms. The highest BCUT2D eigenvalue weighted by Gasteiger charge is 2.15. The van der Waals surface area contributed by atoms with Gasteiger partial charge in [-0.1, -0.05) is 0 Å². The van der Waals surface area contributed by atoms with Gasteiger partial charge in [-0.05, 0) is 13.0 Å². The molecule has 72 valence electrons. The van der Waals surface area contributed by atoms with Crippen LogP contribution in [-0.2, 0) is 17.8 Å². The minimum absolute atomic E-state index is 0.100. The van der Waals surface area contributed by atoms with E-state index in [9.17, 15) is 4.79 Å². The lowest BCUT2D eigenvalue weighted by Gasteiger charge is -2.06. The molecule has 0 amide bonds. The van der Waals surface area contributed by atoms with Crippen LogP contribution in [0.3, 0.4) is 0 Å². The van der Waals surface area contributed by atoms with Crippen LogP contribution < -0.4 is 0 Å². The van der Waals surface area contributed by atoms with Crippen LogP contribution in [0.4, 0.5) is 0 Å². The van der Waals surface area contributed by atoms with E-state index in [0.717, 1.165) is 5.69 Å². The van der Waals surface area contributed by atoms with Crippen molar-refractivity contribution in [3.63, 3.8) is 0 Å². The molecule has 0 saturated heterocycles. The van der Waals surface area contributed by atoms with E-state index in [4.69, 9.17) is 10.2 Å². The van der Waals surface area contributed by atoms with Gasteiger partial charge >= 0.3 is 5.97 Å². The number of aryl methyl sites for hydroxylation is 1. The lowest BCUT2D eigenvalue weighted by atomic mass is 10.2. The van der Waals surface area contributed by atoms with Gasteiger partial charge in [0.2, 0.25) is 0 Å². The van der Waals surface area contributed by atoms with Gasteiger partial charge in [0, 0.05) is 24.9 Å². The molecule has 1 rings (SSSR count). The number of carboxylic acid groups (broad SMARTS) is 1. The van der Waals surface area contributed by atoms with Gasteiger partial charge in [-0.25, -0.2) is 4.79 Å². The summed E-state index contributed by atoms with van der Waals surface area (Å²) in [5.74, 6) is -1.20.